The van der Waals surface area contributed by atoms with Gasteiger partial charge in [-0.15, -0.1) is 5.10 Å². The molecule has 0 spiro atoms. The molecule has 1 fully saturated rings. The van der Waals surface area contributed by atoms with Crippen LogP contribution in [0.1, 0.15) is 6.92 Å². The second-order valence-corrected chi connectivity index (χ2v) is 8.90. The number of piperazine rings is 1. The van der Waals surface area contributed by atoms with Crippen LogP contribution < -0.4 is 10.2 Å². The maximum atomic E-state index is 9.63. The Balaban J connectivity index is 1.34. The van der Waals surface area contributed by atoms with Crippen molar-refractivity contribution in [2.45, 2.75) is 13.0 Å². The van der Waals surface area contributed by atoms with Crippen molar-refractivity contribution in [3.63, 3.8) is 0 Å². The van der Waals surface area contributed by atoms with Gasteiger partial charge in [0, 0.05) is 54.7 Å². The molecule has 1 saturated heterocycles. The highest BCUT2D eigenvalue weighted by Gasteiger charge is 2.18. The smallest absolute Gasteiger partial charge is 0.245 e. The van der Waals surface area contributed by atoms with Gasteiger partial charge in [0.25, 0.3) is 0 Å². The number of rotatable bonds is 6. The number of halogens is 1. The molecule has 7 nitrogen and oxygen atoms in total. The van der Waals surface area contributed by atoms with Crippen molar-refractivity contribution in [3.8, 4) is 11.3 Å². The summed E-state index contributed by atoms with van der Waals surface area (Å²) in [6.45, 7) is 6.33. The van der Waals surface area contributed by atoms with E-state index in [1.54, 1.807) is 0 Å². The van der Waals surface area contributed by atoms with Crippen LogP contribution in [-0.4, -0.2) is 63.4 Å². The topological polar surface area (TPSA) is 68.9 Å². The normalized spacial score (nSPS) is 15.7. The first-order chi connectivity index (χ1) is 16.0. The van der Waals surface area contributed by atoms with Crippen LogP contribution in [0.5, 0.6) is 0 Å². The lowest BCUT2D eigenvalue weighted by atomic mass is 10.2. The van der Waals surface area contributed by atoms with Crippen LogP contribution in [0.3, 0.4) is 0 Å². The number of aromatic nitrogens is 3. The molecule has 170 valence electrons. The number of hydrogen-bond acceptors (Lipinski definition) is 6. The van der Waals surface area contributed by atoms with Crippen molar-refractivity contribution in [2.24, 2.45) is 0 Å². The average Bonchev–Trinajstić information content (AvgIpc) is 3.23. The van der Waals surface area contributed by atoms with Crippen LogP contribution in [0, 0.1) is 0 Å². The molecular formula is C25H27ClN6O. The molecule has 2 aromatic carbocycles. The van der Waals surface area contributed by atoms with Crippen molar-refractivity contribution in [2.75, 3.05) is 42.9 Å². The molecule has 1 unspecified atom stereocenters. The average molecular weight is 463 g/mol. The second-order valence-electron chi connectivity index (χ2n) is 8.46. The van der Waals surface area contributed by atoms with Gasteiger partial charge in [0.2, 0.25) is 5.95 Å². The molecule has 2 N–H and O–H groups in total. The van der Waals surface area contributed by atoms with E-state index in [4.69, 9.17) is 16.7 Å². The Morgan fingerprint density at radius 3 is 2.64 bits per heavy atom. The Morgan fingerprint density at radius 1 is 1.03 bits per heavy atom. The molecule has 8 heteroatoms. The summed E-state index contributed by atoms with van der Waals surface area (Å²) in [4.78, 5) is 9.17. The van der Waals surface area contributed by atoms with Crippen LogP contribution in [0.25, 0.3) is 16.8 Å². The van der Waals surface area contributed by atoms with Crippen LogP contribution in [0.15, 0.2) is 66.9 Å². The predicted molar refractivity (Wildman–Crippen MR) is 133 cm³/mol. The third-order valence-corrected chi connectivity index (χ3v) is 6.12. The zero-order valence-corrected chi connectivity index (χ0v) is 19.3. The summed E-state index contributed by atoms with van der Waals surface area (Å²) in [6, 6.07) is 20.1. The number of hydrogen-bond donors (Lipinski definition) is 2. The molecule has 0 bridgehead atoms. The van der Waals surface area contributed by atoms with Crippen LogP contribution in [0.4, 0.5) is 17.3 Å². The standard InChI is InChI=1S/C25H27ClN6O/c1-18(33)17-30-10-12-31(13-11-30)22-7-3-6-21(15-22)28-25-27-16-23-8-9-24(32(23)29-25)19-4-2-5-20(26)14-19/h2-9,14-16,18,33H,10-13,17H2,1H3,(H,28,29). The lowest BCUT2D eigenvalue weighted by Gasteiger charge is -2.36. The first-order valence-electron chi connectivity index (χ1n) is 11.2. The van der Waals surface area contributed by atoms with Crippen molar-refractivity contribution in [1.82, 2.24) is 19.5 Å². The molecule has 3 heterocycles. The Hall–Kier alpha value is -3.13. The molecule has 1 aliphatic heterocycles. The SMILES string of the molecule is CC(O)CN1CCN(c2cccc(Nc3ncc4ccc(-c5cccc(Cl)c5)n4n3)c2)CC1. The molecule has 0 radical (unpaired) electrons. The van der Waals surface area contributed by atoms with Gasteiger partial charge in [0.1, 0.15) is 0 Å². The number of anilines is 3. The zero-order valence-electron chi connectivity index (χ0n) is 18.5. The summed E-state index contributed by atoms with van der Waals surface area (Å²) in [5.41, 5.74) is 4.98. The monoisotopic (exact) mass is 462 g/mol. The second kappa shape index (κ2) is 9.39. The largest absolute Gasteiger partial charge is 0.392 e. The molecule has 5 rings (SSSR count). The Kier molecular flexibility index (Phi) is 6.17. The Bertz CT molecular complexity index is 1250. The van der Waals surface area contributed by atoms with E-state index < -0.39 is 0 Å². The number of fused-ring (bicyclic) bond motifs is 1. The lowest BCUT2D eigenvalue weighted by molar-refractivity contribution is 0.123. The molecule has 4 aromatic rings. The van der Waals surface area contributed by atoms with Crippen LogP contribution in [0.2, 0.25) is 5.02 Å². The van der Waals surface area contributed by atoms with Crippen molar-refractivity contribution >= 4 is 34.4 Å². The highest BCUT2D eigenvalue weighted by molar-refractivity contribution is 6.30. The number of aliphatic hydroxyl groups is 1. The zero-order chi connectivity index (χ0) is 22.8. The highest BCUT2D eigenvalue weighted by atomic mass is 35.5. The van der Waals surface area contributed by atoms with Gasteiger partial charge in [-0.1, -0.05) is 29.8 Å². The van der Waals surface area contributed by atoms with Crippen LogP contribution in [-0.2, 0) is 0 Å². The summed E-state index contributed by atoms with van der Waals surface area (Å²) in [7, 11) is 0. The van der Waals surface area contributed by atoms with E-state index in [-0.39, 0.29) is 6.10 Å². The summed E-state index contributed by atoms with van der Waals surface area (Å²) in [6.07, 6.45) is 1.52. The van der Waals surface area contributed by atoms with Gasteiger partial charge in [-0.3, -0.25) is 4.90 Å². The lowest BCUT2D eigenvalue weighted by Crippen LogP contribution is -2.48. The van der Waals surface area contributed by atoms with Gasteiger partial charge < -0.3 is 15.3 Å². The van der Waals surface area contributed by atoms with E-state index in [1.165, 1.54) is 5.69 Å². The number of benzene rings is 2. The molecule has 0 aliphatic carbocycles. The van der Waals surface area contributed by atoms with Gasteiger partial charge >= 0.3 is 0 Å². The van der Waals surface area contributed by atoms with Gasteiger partial charge in [-0.2, -0.15) is 0 Å². The number of nitrogens with one attached hydrogen (secondary N) is 1. The van der Waals surface area contributed by atoms with Crippen LogP contribution >= 0.6 is 11.6 Å². The number of aliphatic hydroxyl groups excluding tert-OH is 1. The summed E-state index contributed by atoms with van der Waals surface area (Å²) in [5, 5.41) is 18.4. The minimum absolute atomic E-state index is 0.291. The number of β-amino-alcohol motifs (C(OH)–C–C–N with tert-alkyl or cyclic N) is 1. The quantitative estimate of drug-likeness (QED) is 0.445. The predicted octanol–water partition coefficient (Wildman–Crippen LogP) is 4.30. The highest BCUT2D eigenvalue weighted by Crippen LogP contribution is 2.26. The molecule has 1 aliphatic rings. The minimum atomic E-state index is -0.291. The fourth-order valence-corrected chi connectivity index (χ4v) is 4.49. The van der Waals surface area contributed by atoms with E-state index >= 15 is 0 Å². The molecule has 1 atom stereocenters. The van der Waals surface area contributed by atoms with E-state index in [9.17, 15) is 5.11 Å². The van der Waals surface area contributed by atoms with Gasteiger partial charge in [0.15, 0.2) is 0 Å². The summed E-state index contributed by atoms with van der Waals surface area (Å²) < 4.78 is 1.88. The molecule has 2 aromatic heterocycles. The van der Waals surface area contributed by atoms with Gasteiger partial charge in [0.05, 0.1) is 23.5 Å². The van der Waals surface area contributed by atoms with E-state index in [1.807, 2.05) is 66.2 Å². The summed E-state index contributed by atoms with van der Waals surface area (Å²) in [5.74, 6) is 0.529. The maximum absolute atomic E-state index is 9.63. The van der Waals surface area contributed by atoms with Gasteiger partial charge in [-0.25, -0.2) is 9.50 Å². The molecule has 0 amide bonds. The molecule has 0 saturated carbocycles. The van der Waals surface area contributed by atoms with Crippen molar-refractivity contribution in [3.05, 3.63) is 71.9 Å². The first kappa shape index (κ1) is 21.7. The van der Waals surface area contributed by atoms with Crippen molar-refractivity contribution in [1.29, 1.82) is 0 Å². The molecular weight excluding hydrogens is 436 g/mol. The molecule has 33 heavy (non-hydrogen) atoms. The third-order valence-electron chi connectivity index (χ3n) is 5.88. The summed E-state index contributed by atoms with van der Waals surface area (Å²) >= 11 is 6.19. The fraction of sp³-hybridized carbons (Fsp3) is 0.280. The first-order valence-corrected chi connectivity index (χ1v) is 11.6. The Morgan fingerprint density at radius 2 is 1.85 bits per heavy atom. The third kappa shape index (κ3) is 4.95. The van der Waals surface area contributed by atoms with E-state index in [0.717, 1.165) is 55.2 Å². The maximum Gasteiger partial charge on any atom is 0.245 e. The van der Waals surface area contributed by atoms with Gasteiger partial charge in [-0.05, 0) is 49.4 Å². The fourth-order valence-electron chi connectivity index (χ4n) is 4.30. The Labute approximate surface area is 198 Å². The van der Waals surface area contributed by atoms with Crippen molar-refractivity contribution < 1.29 is 5.11 Å². The van der Waals surface area contributed by atoms with E-state index in [0.29, 0.717) is 11.0 Å². The van der Waals surface area contributed by atoms with E-state index in [2.05, 4.69) is 32.2 Å². The minimum Gasteiger partial charge on any atom is -0.392 e. The number of nitrogens with zero attached hydrogens (tertiary/aromatic N) is 5.